The SMILES string of the molecule is Cc1ccc(C(CN)OC2CCC(C)C(C)C2)o1. The minimum absolute atomic E-state index is 0.0932. The van der Waals surface area contributed by atoms with Gasteiger partial charge in [-0.05, 0) is 50.2 Å². The molecule has 3 nitrogen and oxygen atoms in total. The first-order valence-electron chi connectivity index (χ1n) is 7.02. The summed E-state index contributed by atoms with van der Waals surface area (Å²) in [7, 11) is 0. The van der Waals surface area contributed by atoms with Gasteiger partial charge in [-0.1, -0.05) is 13.8 Å². The molecule has 1 aromatic rings. The lowest BCUT2D eigenvalue weighted by molar-refractivity contribution is -0.0529. The Hall–Kier alpha value is -0.800. The highest BCUT2D eigenvalue weighted by molar-refractivity contribution is 5.08. The second-order valence-corrected chi connectivity index (χ2v) is 5.70. The molecule has 0 amide bonds. The van der Waals surface area contributed by atoms with E-state index in [2.05, 4.69) is 13.8 Å². The van der Waals surface area contributed by atoms with Crippen LogP contribution in [0.2, 0.25) is 0 Å². The highest BCUT2D eigenvalue weighted by atomic mass is 16.5. The Labute approximate surface area is 110 Å². The summed E-state index contributed by atoms with van der Waals surface area (Å²) in [5.74, 6) is 3.33. The van der Waals surface area contributed by atoms with Gasteiger partial charge in [-0.15, -0.1) is 0 Å². The fourth-order valence-corrected chi connectivity index (χ4v) is 2.72. The molecule has 102 valence electrons. The van der Waals surface area contributed by atoms with Gasteiger partial charge in [0.15, 0.2) is 0 Å². The largest absolute Gasteiger partial charge is 0.464 e. The van der Waals surface area contributed by atoms with E-state index in [1.807, 2.05) is 19.1 Å². The number of aryl methyl sites for hydroxylation is 1. The van der Waals surface area contributed by atoms with E-state index in [4.69, 9.17) is 14.9 Å². The lowest BCUT2D eigenvalue weighted by atomic mass is 9.80. The van der Waals surface area contributed by atoms with Crippen molar-refractivity contribution in [1.29, 1.82) is 0 Å². The molecule has 4 unspecified atom stereocenters. The van der Waals surface area contributed by atoms with Gasteiger partial charge >= 0.3 is 0 Å². The zero-order valence-corrected chi connectivity index (χ0v) is 11.7. The van der Waals surface area contributed by atoms with Gasteiger partial charge in [0.1, 0.15) is 17.6 Å². The van der Waals surface area contributed by atoms with E-state index in [9.17, 15) is 0 Å². The zero-order valence-electron chi connectivity index (χ0n) is 11.7. The average molecular weight is 251 g/mol. The summed E-state index contributed by atoms with van der Waals surface area (Å²) in [6, 6.07) is 3.94. The van der Waals surface area contributed by atoms with Crippen LogP contribution in [-0.2, 0) is 4.74 Å². The molecule has 0 aliphatic heterocycles. The van der Waals surface area contributed by atoms with Crippen molar-refractivity contribution in [2.75, 3.05) is 6.54 Å². The number of ether oxygens (including phenoxy) is 1. The molecule has 1 saturated carbocycles. The predicted octanol–water partition coefficient (Wildman–Crippen LogP) is 3.43. The van der Waals surface area contributed by atoms with Crippen LogP contribution in [0, 0.1) is 18.8 Å². The molecule has 3 heteroatoms. The fourth-order valence-electron chi connectivity index (χ4n) is 2.72. The number of furan rings is 1. The third-order valence-electron chi connectivity index (χ3n) is 4.20. The number of hydrogen-bond donors (Lipinski definition) is 1. The van der Waals surface area contributed by atoms with E-state index >= 15 is 0 Å². The molecule has 2 N–H and O–H groups in total. The fraction of sp³-hybridized carbons (Fsp3) is 0.733. The number of nitrogens with two attached hydrogens (primary N) is 1. The lowest BCUT2D eigenvalue weighted by Gasteiger charge is -2.33. The van der Waals surface area contributed by atoms with E-state index < -0.39 is 0 Å². The first kappa shape index (κ1) is 13.6. The van der Waals surface area contributed by atoms with E-state index in [0.717, 1.165) is 36.2 Å². The van der Waals surface area contributed by atoms with Crippen LogP contribution >= 0.6 is 0 Å². The third-order valence-corrected chi connectivity index (χ3v) is 4.20. The summed E-state index contributed by atoms with van der Waals surface area (Å²) < 4.78 is 11.8. The second-order valence-electron chi connectivity index (χ2n) is 5.70. The molecule has 18 heavy (non-hydrogen) atoms. The topological polar surface area (TPSA) is 48.4 Å². The van der Waals surface area contributed by atoms with Crippen LogP contribution in [0.15, 0.2) is 16.5 Å². The number of rotatable bonds is 4. The van der Waals surface area contributed by atoms with Gasteiger partial charge in [0.25, 0.3) is 0 Å². The minimum atomic E-state index is -0.0932. The van der Waals surface area contributed by atoms with Crippen molar-refractivity contribution in [1.82, 2.24) is 0 Å². The second kappa shape index (κ2) is 5.89. The normalized spacial score (nSPS) is 30.3. The zero-order chi connectivity index (χ0) is 13.1. The highest BCUT2D eigenvalue weighted by Gasteiger charge is 2.28. The predicted molar refractivity (Wildman–Crippen MR) is 72.3 cm³/mol. The third kappa shape index (κ3) is 3.15. The van der Waals surface area contributed by atoms with E-state index in [-0.39, 0.29) is 6.10 Å². The van der Waals surface area contributed by atoms with Crippen molar-refractivity contribution in [3.8, 4) is 0 Å². The van der Waals surface area contributed by atoms with Crippen molar-refractivity contribution in [2.24, 2.45) is 17.6 Å². The van der Waals surface area contributed by atoms with Crippen molar-refractivity contribution in [3.05, 3.63) is 23.7 Å². The molecule has 2 rings (SSSR count). The summed E-state index contributed by atoms with van der Waals surface area (Å²) in [6.45, 7) is 7.07. The van der Waals surface area contributed by atoms with Crippen molar-refractivity contribution < 1.29 is 9.15 Å². The minimum Gasteiger partial charge on any atom is -0.464 e. The molecule has 0 radical (unpaired) electrons. The Bertz CT molecular complexity index is 374. The van der Waals surface area contributed by atoms with E-state index in [0.29, 0.717) is 12.6 Å². The van der Waals surface area contributed by atoms with Crippen LogP contribution in [0.25, 0.3) is 0 Å². The summed E-state index contributed by atoms with van der Waals surface area (Å²) in [5.41, 5.74) is 5.81. The molecule has 0 bridgehead atoms. The monoisotopic (exact) mass is 251 g/mol. The Morgan fingerprint density at radius 2 is 2.11 bits per heavy atom. The molecule has 1 heterocycles. The van der Waals surface area contributed by atoms with Crippen molar-refractivity contribution >= 4 is 0 Å². The van der Waals surface area contributed by atoms with Crippen LogP contribution in [0.4, 0.5) is 0 Å². The Balaban J connectivity index is 1.94. The van der Waals surface area contributed by atoms with Crippen molar-refractivity contribution in [2.45, 2.75) is 52.2 Å². The molecule has 1 aliphatic carbocycles. The van der Waals surface area contributed by atoms with Crippen LogP contribution in [0.3, 0.4) is 0 Å². The Kier molecular flexibility index (Phi) is 4.46. The smallest absolute Gasteiger partial charge is 0.134 e. The molecule has 0 saturated heterocycles. The summed E-state index contributed by atoms with van der Waals surface area (Å²) in [5, 5.41) is 0. The van der Waals surface area contributed by atoms with Gasteiger partial charge in [0.2, 0.25) is 0 Å². The van der Waals surface area contributed by atoms with Crippen LogP contribution < -0.4 is 5.73 Å². The maximum atomic E-state index is 6.14. The quantitative estimate of drug-likeness (QED) is 0.892. The van der Waals surface area contributed by atoms with Crippen LogP contribution in [-0.4, -0.2) is 12.6 Å². The van der Waals surface area contributed by atoms with Gasteiger partial charge in [-0.25, -0.2) is 0 Å². The summed E-state index contributed by atoms with van der Waals surface area (Å²) in [6.07, 6.45) is 3.76. The van der Waals surface area contributed by atoms with E-state index in [1.165, 1.54) is 6.42 Å². The molecule has 4 atom stereocenters. The van der Waals surface area contributed by atoms with Gasteiger partial charge in [0.05, 0.1) is 6.10 Å². The van der Waals surface area contributed by atoms with E-state index in [1.54, 1.807) is 0 Å². The molecular weight excluding hydrogens is 226 g/mol. The maximum Gasteiger partial charge on any atom is 0.134 e. The van der Waals surface area contributed by atoms with Gasteiger partial charge in [0, 0.05) is 6.54 Å². The first-order chi connectivity index (χ1) is 8.60. The van der Waals surface area contributed by atoms with Gasteiger partial charge in [-0.2, -0.15) is 0 Å². The Morgan fingerprint density at radius 3 is 2.67 bits per heavy atom. The molecular formula is C15H25NO2. The number of hydrogen-bond acceptors (Lipinski definition) is 3. The molecule has 1 aromatic heterocycles. The highest BCUT2D eigenvalue weighted by Crippen LogP contribution is 2.33. The first-order valence-corrected chi connectivity index (χ1v) is 7.02. The van der Waals surface area contributed by atoms with Crippen LogP contribution in [0.5, 0.6) is 0 Å². The molecule has 0 spiro atoms. The maximum absolute atomic E-state index is 6.14. The molecule has 1 fully saturated rings. The van der Waals surface area contributed by atoms with Gasteiger partial charge < -0.3 is 14.9 Å². The van der Waals surface area contributed by atoms with Crippen molar-refractivity contribution in [3.63, 3.8) is 0 Å². The Morgan fingerprint density at radius 1 is 1.33 bits per heavy atom. The van der Waals surface area contributed by atoms with Gasteiger partial charge in [-0.3, -0.25) is 0 Å². The summed E-state index contributed by atoms with van der Waals surface area (Å²) >= 11 is 0. The lowest BCUT2D eigenvalue weighted by Crippen LogP contribution is -2.30. The van der Waals surface area contributed by atoms with Crippen LogP contribution in [0.1, 0.15) is 50.7 Å². The summed E-state index contributed by atoms with van der Waals surface area (Å²) in [4.78, 5) is 0. The molecule has 0 aromatic carbocycles. The average Bonchev–Trinajstić information content (AvgIpc) is 2.77. The molecule has 1 aliphatic rings. The standard InChI is InChI=1S/C15H25NO2/c1-10-4-6-13(8-11(10)2)18-15(9-16)14-7-5-12(3)17-14/h5,7,10-11,13,15H,4,6,8-9,16H2,1-3H3.